The Kier molecular flexibility index (Phi) is 6.08. The van der Waals surface area contributed by atoms with Gasteiger partial charge in [-0.15, -0.1) is 11.3 Å². The molecule has 1 aliphatic heterocycles. The van der Waals surface area contributed by atoms with Crippen LogP contribution in [-0.4, -0.2) is 71.4 Å². The van der Waals surface area contributed by atoms with E-state index in [0.29, 0.717) is 17.7 Å². The van der Waals surface area contributed by atoms with Gasteiger partial charge in [0, 0.05) is 56.9 Å². The normalized spacial score (nSPS) is 21.0. The van der Waals surface area contributed by atoms with Crippen LogP contribution in [0.25, 0.3) is 0 Å². The quantitative estimate of drug-likeness (QED) is 0.873. The van der Waals surface area contributed by atoms with Crippen LogP contribution in [0.1, 0.15) is 37.0 Å². The number of aromatic nitrogens is 1. The second-order valence-electron chi connectivity index (χ2n) is 7.01. The summed E-state index contributed by atoms with van der Waals surface area (Å²) in [5, 5.41) is 0.639. The Balaban J connectivity index is 1.40. The summed E-state index contributed by atoms with van der Waals surface area (Å²) >= 11 is 1.56. The van der Waals surface area contributed by atoms with Gasteiger partial charge in [-0.05, 0) is 12.8 Å². The molecule has 134 valence electrons. The van der Waals surface area contributed by atoms with Gasteiger partial charge in [0.15, 0.2) is 5.13 Å². The predicted octanol–water partition coefficient (Wildman–Crippen LogP) is 1.63. The average Bonchev–Trinajstić information content (AvgIpc) is 3.01. The molecule has 7 heteroatoms. The van der Waals surface area contributed by atoms with Crippen LogP contribution in [0.3, 0.4) is 0 Å². The van der Waals surface area contributed by atoms with Gasteiger partial charge in [0.2, 0.25) is 5.91 Å². The number of carbonyl (C=O) groups is 1. The Morgan fingerprint density at radius 1 is 1.25 bits per heavy atom. The highest BCUT2D eigenvalue weighted by Gasteiger charge is 2.25. The van der Waals surface area contributed by atoms with Crippen molar-refractivity contribution in [3.8, 4) is 0 Å². The highest BCUT2D eigenvalue weighted by Crippen LogP contribution is 2.22. The maximum absolute atomic E-state index is 12.5. The van der Waals surface area contributed by atoms with Gasteiger partial charge in [-0.2, -0.15) is 0 Å². The third kappa shape index (κ3) is 4.68. The standard InChI is InChI=1S/C17H29N5OS/c1-20(14-5-3-2-4-6-14)16(23)13-22-9-7-21(8-10-22)12-15-11-19-17(18)24-15/h11,14H,2-10,12-13H2,1H3,(H2,18,19). The number of piperazine rings is 1. The minimum atomic E-state index is 0.283. The Hall–Kier alpha value is -1.18. The number of nitrogens with two attached hydrogens (primary N) is 1. The molecule has 1 saturated heterocycles. The summed E-state index contributed by atoms with van der Waals surface area (Å²) in [6.07, 6.45) is 8.08. The zero-order valence-electron chi connectivity index (χ0n) is 14.6. The molecule has 2 fully saturated rings. The van der Waals surface area contributed by atoms with Gasteiger partial charge < -0.3 is 10.6 Å². The number of nitrogen functional groups attached to an aromatic ring is 1. The van der Waals surface area contributed by atoms with E-state index in [-0.39, 0.29) is 5.91 Å². The summed E-state index contributed by atoms with van der Waals surface area (Å²) < 4.78 is 0. The van der Waals surface area contributed by atoms with Crippen LogP contribution >= 0.6 is 11.3 Å². The molecular formula is C17H29N5OS. The monoisotopic (exact) mass is 351 g/mol. The number of anilines is 1. The second kappa shape index (κ2) is 8.27. The molecule has 0 unspecified atom stereocenters. The topological polar surface area (TPSA) is 65.7 Å². The maximum atomic E-state index is 12.5. The molecule has 2 aliphatic rings. The zero-order chi connectivity index (χ0) is 16.9. The minimum absolute atomic E-state index is 0.283. The highest BCUT2D eigenvalue weighted by atomic mass is 32.1. The molecule has 1 saturated carbocycles. The number of likely N-dealkylation sites (N-methyl/N-ethyl adjacent to an activating group) is 1. The number of rotatable bonds is 5. The molecule has 24 heavy (non-hydrogen) atoms. The van der Waals surface area contributed by atoms with Crippen LogP contribution in [0.2, 0.25) is 0 Å². The Morgan fingerprint density at radius 2 is 1.92 bits per heavy atom. The number of hydrogen-bond acceptors (Lipinski definition) is 6. The Labute approximate surface area is 148 Å². The fraction of sp³-hybridized carbons (Fsp3) is 0.765. The first-order chi connectivity index (χ1) is 11.6. The first-order valence-electron chi connectivity index (χ1n) is 9.02. The first-order valence-corrected chi connectivity index (χ1v) is 9.84. The van der Waals surface area contributed by atoms with Crippen molar-refractivity contribution in [2.75, 3.05) is 45.5 Å². The molecule has 1 aromatic rings. The van der Waals surface area contributed by atoms with Crippen LogP contribution in [0, 0.1) is 0 Å². The van der Waals surface area contributed by atoms with Crippen molar-refractivity contribution in [2.45, 2.75) is 44.7 Å². The third-order valence-electron chi connectivity index (χ3n) is 5.29. The van der Waals surface area contributed by atoms with Gasteiger partial charge in [0.05, 0.1) is 6.54 Å². The largest absolute Gasteiger partial charge is 0.375 e. The molecule has 0 aromatic carbocycles. The van der Waals surface area contributed by atoms with Gasteiger partial charge in [0.1, 0.15) is 0 Å². The van der Waals surface area contributed by atoms with Crippen molar-refractivity contribution in [3.63, 3.8) is 0 Å². The average molecular weight is 352 g/mol. The molecule has 3 rings (SSSR count). The molecule has 2 heterocycles. The molecule has 6 nitrogen and oxygen atoms in total. The van der Waals surface area contributed by atoms with E-state index in [1.54, 1.807) is 11.3 Å². The van der Waals surface area contributed by atoms with E-state index >= 15 is 0 Å². The van der Waals surface area contributed by atoms with Crippen LogP contribution in [0.15, 0.2) is 6.20 Å². The molecule has 0 atom stereocenters. The molecule has 1 aromatic heterocycles. The van der Waals surface area contributed by atoms with Crippen LogP contribution in [0.5, 0.6) is 0 Å². The lowest BCUT2D eigenvalue weighted by atomic mass is 9.94. The van der Waals surface area contributed by atoms with E-state index in [0.717, 1.165) is 32.7 Å². The van der Waals surface area contributed by atoms with E-state index in [1.165, 1.54) is 37.0 Å². The predicted molar refractivity (Wildman–Crippen MR) is 97.9 cm³/mol. The summed E-state index contributed by atoms with van der Waals surface area (Å²) in [5.41, 5.74) is 5.69. The summed E-state index contributed by atoms with van der Waals surface area (Å²) in [5.74, 6) is 0.283. The number of carbonyl (C=O) groups excluding carboxylic acids is 1. The molecule has 0 bridgehead atoms. The third-order valence-corrected chi connectivity index (χ3v) is 6.10. The van der Waals surface area contributed by atoms with Crippen molar-refractivity contribution in [2.24, 2.45) is 0 Å². The maximum Gasteiger partial charge on any atom is 0.236 e. The molecule has 2 N–H and O–H groups in total. The van der Waals surface area contributed by atoms with E-state index in [4.69, 9.17) is 5.73 Å². The van der Waals surface area contributed by atoms with Crippen molar-refractivity contribution in [3.05, 3.63) is 11.1 Å². The number of thiazole rings is 1. The second-order valence-corrected chi connectivity index (χ2v) is 8.16. The van der Waals surface area contributed by atoms with Gasteiger partial charge in [-0.25, -0.2) is 4.98 Å². The van der Waals surface area contributed by atoms with Crippen LogP contribution in [-0.2, 0) is 11.3 Å². The lowest BCUT2D eigenvalue weighted by Crippen LogP contribution is -2.50. The number of hydrogen-bond donors (Lipinski definition) is 1. The lowest BCUT2D eigenvalue weighted by molar-refractivity contribution is -0.134. The summed E-state index contributed by atoms with van der Waals surface area (Å²) in [6.45, 7) is 5.39. The number of nitrogens with zero attached hydrogens (tertiary/aromatic N) is 4. The SMILES string of the molecule is CN(C(=O)CN1CCN(Cc2cnc(N)s2)CC1)C1CCCCC1. The van der Waals surface area contributed by atoms with E-state index in [2.05, 4.69) is 14.8 Å². The first kappa shape index (κ1) is 17.6. The van der Waals surface area contributed by atoms with Crippen LogP contribution < -0.4 is 5.73 Å². The van der Waals surface area contributed by atoms with E-state index < -0.39 is 0 Å². The highest BCUT2D eigenvalue weighted by molar-refractivity contribution is 7.15. The van der Waals surface area contributed by atoms with Gasteiger partial charge in [-0.3, -0.25) is 14.6 Å². The Bertz CT molecular complexity index is 535. The van der Waals surface area contributed by atoms with Gasteiger partial charge in [0.25, 0.3) is 0 Å². The molecule has 1 amide bonds. The van der Waals surface area contributed by atoms with Gasteiger partial charge in [-0.1, -0.05) is 19.3 Å². The molecule has 0 spiro atoms. The Morgan fingerprint density at radius 3 is 2.54 bits per heavy atom. The van der Waals surface area contributed by atoms with Crippen molar-refractivity contribution < 1.29 is 4.79 Å². The fourth-order valence-electron chi connectivity index (χ4n) is 3.70. The summed E-state index contributed by atoms with van der Waals surface area (Å²) in [7, 11) is 1.99. The summed E-state index contributed by atoms with van der Waals surface area (Å²) in [6, 6.07) is 0.462. The fourth-order valence-corrected chi connectivity index (χ4v) is 4.42. The minimum Gasteiger partial charge on any atom is -0.375 e. The van der Waals surface area contributed by atoms with Crippen LogP contribution in [0.4, 0.5) is 5.13 Å². The van der Waals surface area contributed by atoms with Crippen molar-refractivity contribution >= 4 is 22.4 Å². The smallest absolute Gasteiger partial charge is 0.236 e. The van der Waals surface area contributed by atoms with Crippen molar-refractivity contribution in [1.82, 2.24) is 19.7 Å². The summed E-state index contributed by atoms with van der Waals surface area (Å²) in [4.78, 5) is 24.6. The lowest BCUT2D eigenvalue weighted by Gasteiger charge is -2.36. The van der Waals surface area contributed by atoms with E-state index in [9.17, 15) is 4.79 Å². The zero-order valence-corrected chi connectivity index (χ0v) is 15.4. The number of amides is 1. The van der Waals surface area contributed by atoms with E-state index in [1.807, 2.05) is 18.1 Å². The molecule has 0 radical (unpaired) electrons. The van der Waals surface area contributed by atoms with Gasteiger partial charge >= 0.3 is 0 Å². The molecular weight excluding hydrogens is 322 g/mol. The molecule has 1 aliphatic carbocycles. The van der Waals surface area contributed by atoms with Crippen molar-refractivity contribution in [1.29, 1.82) is 0 Å².